The molecule has 1 atom stereocenters. The van der Waals surface area contributed by atoms with Crippen LogP contribution in [-0.4, -0.2) is 27.2 Å². The molecule has 2 aromatic carbocycles. The lowest BCUT2D eigenvalue weighted by Gasteiger charge is -2.16. The van der Waals surface area contributed by atoms with Crippen molar-refractivity contribution in [2.45, 2.75) is 38.6 Å². The lowest BCUT2D eigenvalue weighted by molar-refractivity contribution is -0.117. The lowest BCUT2D eigenvalue weighted by atomic mass is 10.1. The van der Waals surface area contributed by atoms with Gasteiger partial charge in [-0.1, -0.05) is 31.5 Å². The van der Waals surface area contributed by atoms with Crippen LogP contribution >= 0.6 is 0 Å². The fourth-order valence-corrected chi connectivity index (χ4v) is 4.25. The molecule has 0 radical (unpaired) electrons. The standard InChI is InChI=1S/C22H22N4O2/c1-2-3-10-25-19-7-5-4-6-17(19)18-12-16(8-9-20(18)25)26-13-15(11-21(26)27)22-24-23-14-28-22/h4-9,12,14-15H,2-3,10-11,13H2,1H3. The molecule has 0 N–H and O–H groups in total. The molecular weight excluding hydrogens is 352 g/mol. The van der Waals surface area contributed by atoms with Gasteiger partial charge in [0.25, 0.3) is 0 Å². The number of carbonyl (C=O) groups excluding carboxylic acids is 1. The van der Waals surface area contributed by atoms with Crippen LogP contribution in [0.15, 0.2) is 53.3 Å². The minimum Gasteiger partial charge on any atom is -0.428 e. The van der Waals surface area contributed by atoms with Crippen LogP contribution in [0.2, 0.25) is 0 Å². The average Bonchev–Trinajstić information content (AvgIpc) is 3.44. The number of hydrogen-bond acceptors (Lipinski definition) is 4. The molecule has 1 amide bonds. The zero-order valence-electron chi connectivity index (χ0n) is 15.8. The number of aryl methyl sites for hydroxylation is 1. The van der Waals surface area contributed by atoms with Crippen LogP contribution < -0.4 is 4.90 Å². The van der Waals surface area contributed by atoms with Gasteiger partial charge in [-0.3, -0.25) is 4.79 Å². The quantitative estimate of drug-likeness (QED) is 0.516. The third-order valence-corrected chi connectivity index (χ3v) is 5.65. The van der Waals surface area contributed by atoms with E-state index in [4.69, 9.17) is 4.42 Å². The topological polar surface area (TPSA) is 64.2 Å². The minimum atomic E-state index is -0.0448. The first-order chi connectivity index (χ1) is 13.8. The molecule has 1 aliphatic heterocycles. The Hall–Kier alpha value is -3.15. The van der Waals surface area contributed by atoms with E-state index in [-0.39, 0.29) is 11.8 Å². The maximum atomic E-state index is 12.7. The van der Waals surface area contributed by atoms with Crippen molar-refractivity contribution < 1.29 is 9.21 Å². The smallest absolute Gasteiger partial charge is 0.227 e. The van der Waals surface area contributed by atoms with Crippen LogP contribution in [0.4, 0.5) is 5.69 Å². The largest absolute Gasteiger partial charge is 0.428 e. The number of aromatic nitrogens is 3. The summed E-state index contributed by atoms with van der Waals surface area (Å²) in [6.07, 6.45) is 4.02. The van der Waals surface area contributed by atoms with Crippen LogP contribution in [0, 0.1) is 0 Å². The molecule has 0 saturated carbocycles. The zero-order valence-corrected chi connectivity index (χ0v) is 15.8. The molecule has 1 fully saturated rings. The molecule has 4 aromatic rings. The van der Waals surface area contributed by atoms with Gasteiger partial charge in [0.2, 0.25) is 18.2 Å². The molecule has 0 bridgehead atoms. The highest BCUT2D eigenvalue weighted by Gasteiger charge is 2.34. The Kier molecular flexibility index (Phi) is 4.11. The van der Waals surface area contributed by atoms with Crippen molar-refractivity contribution in [2.24, 2.45) is 0 Å². The summed E-state index contributed by atoms with van der Waals surface area (Å²) in [6.45, 7) is 3.79. The summed E-state index contributed by atoms with van der Waals surface area (Å²) < 4.78 is 7.71. The second-order valence-corrected chi connectivity index (χ2v) is 7.41. The fourth-order valence-electron chi connectivity index (χ4n) is 4.25. The summed E-state index contributed by atoms with van der Waals surface area (Å²) in [5.41, 5.74) is 3.40. The Bertz CT molecular complexity index is 1150. The van der Waals surface area contributed by atoms with E-state index >= 15 is 0 Å². The van der Waals surface area contributed by atoms with Crippen molar-refractivity contribution in [3.63, 3.8) is 0 Å². The van der Waals surface area contributed by atoms with Crippen molar-refractivity contribution in [1.82, 2.24) is 14.8 Å². The predicted molar refractivity (Wildman–Crippen MR) is 108 cm³/mol. The Labute approximate surface area is 162 Å². The number of unbranched alkanes of at least 4 members (excludes halogenated alkanes) is 1. The van der Waals surface area contributed by atoms with Gasteiger partial charge in [0.1, 0.15) is 0 Å². The number of carbonyl (C=O) groups is 1. The monoisotopic (exact) mass is 374 g/mol. The molecule has 1 unspecified atom stereocenters. The lowest BCUT2D eigenvalue weighted by Crippen LogP contribution is -2.24. The van der Waals surface area contributed by atoms with Gasteiger partial charge >= 0.3 is 0 Å². The van der Waals surface area contributed by atoms with E-state index in [0.29, 0.717) is 18.9 Å². The molecule has 1 saturated heterocycles. The Morgan fingerprint density at radius 3 is 2.82 bits per heavy atom. The molecule has 3 heterocycles. The Balaban J connectivity index is 1.57. The normalized spacial score (nSPS) is 17.2. The number of amides is 1. The van der Waals surface area contributed by atoms with Crippen LogP contribution in [-0.2, 0) is 11.3 Å². The highest BCUT2D eigenvalue weighted by atomic mass is 16.4. The molecule has 5 rings (SSSR count). The van der Waals surface area contributed by atoms with Crippen molar-refractivity contribution in [3.05, 3.63) is 54.7 Å². The molecular formula is C22H22N4O2. The van der Waals surface area contributed by atoms with Gasteiger partial charge in [0.15, 0.2) is 0 Å². The summed E-state index contributed by atoms with van der Waals surface area (Å²) in [6, 6.07) is 14.8. The number of rotatable bonds is 5. The SMILES string of the molecule is CCCCn1c2ccccc2c2cc(N3CC(c4nnco4)CC3=O)ccc21. The summed E-state index contributed by atoms with van der Waals surface area (Å²) in [7, 11) is 0. The van der Waals surface area contributed by atoms with Crippen molar-refractivity contribution in [3.8, 4) is 0 Å². The summed E-state index contributed by atoms with van der Waals surface area (Å²) in [4.78, 5) is 14.5. The van der Waals surface area contributed by atoms with Crippen LogP contribution in [0.25, 0.3) is 21.8 Å². The molecule has 6 nitrogen and oxygen atoms in total. The van der Waals surface area contributed by atoms with Crippen molar-refractivity contribution >= 4 is 33.4 Å². The number of nitrogens with zero attached hydrogens (tertiary/aromatic N) is 4. The highest BCUT2D eigenvalue weighted by molar-refractivity contribution is 6.10. The van der Waals surface area contributed by atoms with E-state index in [0.717, 1.165) is 25.1 Å². The average molecular weight is 374 g/mol. The molecule has 2 aromatic heterocycles. The maximum Gasteiger partial charge on any atom is 0.227 e. The van der Waals surface area contributed by atoms with E-state index in [1.165, 1.54) is 28.2 Å². The molecule has 28 heavy (non-hydrogen) atoms. The van der Waals surface area contributed by atoms with E-state index in [1.807, 2.05) is 4.90 Å². The van der Waals surface area contributed by atoms with E-state index in [2.05, 4.69) is 64.2 Å². The highest BCUT2D eigenvalue weighted by Crippen LogP contribution is 2.35. The third-order valence-electron chi connectivity index (χ3n) is 5.65. The van der Waals surface area contributed by atoms with E-state index < -0.39 is 0 Å². The van der Waals surface area contributed by atoms with Gasteiger partial charge < -0.3 is 13.9 Å². The fraction of sp³-hybridized carbons (Fsp3) is 0.318. The number of fused-ring (bicyclic) bond motifs is 3. The van der Waals surface area contributed by atoms with Crippen molar-refractivity contribution in [2.75, 3.05) is 11.4 Å². The number of para-hydroxylation sites is 1. The first-order valence-electron chi connectivity index (χ1n) is 9.83. The number of benzene rings is 2. The molecule has 6 heteroatoms. The van der Waals surface area contributed by atoms with Gasteiger partial charge in [-0.15, -0.1) is 10.2 Å². The first-order valence-corrected chi connectivity index (χ1v) is 9.83. The third kappa shape index (κ3) is 2.68. The van der Waals surface area contributed by atoms with Gasteiger partial charge in [-0.05, 0) is 30.7 Å². The summed E-state index contributed by atoms with van der Waals surface area (Å²) in [5.74, 6) is 0.585. The Morgan fingerprint density at radius 2 is 2.00 bits per heavy atom. The summed E-state index contributed by atoms with van der Waals surface area (Å²) in [5, 5.41) is 10.2. The van der Waals surface area contributed by atoms with Gasteiger partial charge in [0.05, 0.1) is 5.92 Å². The van der Waals surface area contributed by atoms with Gasteiger partial charge in [-0.2, -0.15) is 0 Å². The van der Waals surface area contributed by atoms with Gasteiger partial charge in [-0.25, -0.2) is 0 Å². The van der Waals surface area contributed by atoms with Crippen LogP contribution in [0.3, 0.4) is 0 Å². The maximum absolute atomic E-state index is 12.7. The molecule has 0 spiro atoms. The van der Waals surface area contributed by atoms with Gasteiger partial charge in [0, 0.05) is 47.0 Å². The Morgan fingerprint density at radius 1 is 1.14 bits per heavy atom. The molecule has 1 aliphatic rings. The summed E-state index contributed by atoms with van der Waals surface area (Å²) >= 11 is 0. The second kappa shape index (κ2) is 6.78. The predicted octanol–water partition coefficient (Wildman–Crippen LogP) is 4.50. The zero-order chi connectivity index (χ0) is 19.1. The molecule has 0 aliphatic carbocycles. The van der Waals surface area contributed by atoms with E-state index in [9.17, 15) is 4.79 Å². The van der Waals surface area contributed by atoms with E-state index in [1.54, 1.807) is 0 Å². The van der Waals surface area contributed by atoms with Crippen LogP contribution in [0.1, 0.15) is 38.0 Å². The number of anilines is 1. The van der Waals surface area contributed by atoms with Crippen LogP contribution in [0.5, 0.6) is 0 Å². The van der Waals surface area contributed by atoms with Crippen molar-refractivity contribution in [1.29, 1.82) is 0 Å². The second-order valence-electron chi connectivity index (χ2n) is 7.41. The first kappa shape index (κ1) is 17.0. The molecule has 142 valence electrons. The number of hydrogen-bond donors (Lipinski definition) is 0. The minimum absolute atomic E-state index is 0.0448.